The molecule has 30 heavy (non-hydrogen) atoms. The van der Waals surface area contributed by atoms with Crippen molar-refractivity contribution in [3.63, 3.8) is 0 Å². The summed E-state index contributed by atoms with van der Waals surface area (Å²) in [5.74, 6) is 0.893. The highest BCUT2D eigenvalue weighted by Crippen LogP contribution is 2.31. The third-order valence-electron chi connectivity index (χ3n) is 5.62. The fourth-order valence-corrected chi connectivity index (χ4v) is 4.23. The van der Waals surface area contributed by atoms with Crippen LogP contribution in [0.3, 0.4) is 0 Å². The van der Waals surface area contributed by atoms with E-state index in [9.17, 15) is 4.79 Å². The molecule has 0 radical (unpaired) electrons. The zero-order valence-corrected chi connectivity index (χ0v) is 17.4. The van der Waals surface area contributed by atoms with E-state index in [1.165, 1.54) is 5.52 Å². The van der Waals surface area contributed by atoms with E-state index in [2.05, 4.69) is 20.9 Å². The number of amides is 1. The summed E-state index contributed by atoms with van der Waals surface area (Å²) in [6, 6.07) is 21.5. The first-order chi connectivity index (χ1) is 14.6. The van der Waals surface area contributed by atoms with Crippen molar-refractivity contribution in [2.45, 2.75) is 20.0 Å². The van der Waals surface area contributed by atoms with Gasteiger partial charge in [0, 0.05) is 24.3 Å². The molecule has 5 rings (SSSR count). The molecule has 3 aromatic carbocycles. The Bertz CT molecular complexity index is 1260. The van der Waals surface area contributed by atoms with Crippen LogP contribution in [0.15, 0.2) is 66.7 Å². The topological polar surface area (TPSA) is 50.2 Å². The van der Waals surface area contributed by atoms with Crippen LogP contribution in [-0.4, -0.2) is 22.0 Å². The molecule has 6 heteroatoms. The van der Waals surface area contributed by atoms with Gasteiger partial charge < -0.3 is 14.8 Å². The molecule has 0 saturated carbocycles. The first kappa shape index (κ1) is 18.7. The van der Waals surface area contributed by atoms with Crippen LogP contribution in [0.1, 0.15) is 21.7 Å². The molecule has 0 unspecified atom stereocenters. The number of nitrogens with one attached hydrogen (secondary N) is 1. The maximum Gasteiger partial charge on any atom is 0.255 e. The van der Waals surface area contributed by atoms with Crippen LogP contribution >= 0.6 is 11.6 Å². The number of hydrogen-bond acceptors (Lipinski definition) is 3. The lowest BCUT2D eigenvalue weighted by molar-refractivity contribution is 0.102. The van der Waals surface area contributed by atoms with Crippen molar-refractivity contribution in [3.8, 4) is 0 Å². The van der Waals surface area contributed by atoms with Gasteiger partial charge in [0.1, 0.15) is 5.82 Å². The number of imidazole rings is 1. The van der Waals surface area contributed by atoms with E-state index < -0.39 is 0 Å². The third kappa shape index (κ3) is 3.31. The van der Waals surface area contributed by atoms with Gasteiger partial charge in [0.25, 0.3) is 5.91 Å². The van der Waals surface area contributed by atoms with E-state index in [1.807, 2.05) is 67.6 Å². The van der Waals surface area contributed by atoms with Crippen LogP contribution in [0.4, 0.5) is 11.4 Å². The van der Waals surface area contributed by atoms with Gasteiger partial charge in [0.05, 0.1) is 28.3 Å². The summed E-state index contributed by atoms with van der Waals surface area (Å²) < 4.78 is 2.28. The molecular weight excluding hydrogens is 396 g/mol. The van der Waals surface area contributed by atoms with E-state index >= 15 is 0 Å². The minimum Gasteiger partial charge on any atom is -0.362 e. The number of fused-ring (bicyclic) bond motifs is 3. The Kier molecular flexibility index (Phi) is 4.68. The zero-order chi connectivity index (χ0) is 20.7. The molecule has 0 saturated heterocycles. The molecule has 150 valence electrons. The summed E-state index contributed by atoms with van der Waals surface area (Å²) >= 11 is 6.52. The number of carbonyl (C=O) groups excluding carboxylic acids is 1. The van der Waals surface area contributed by atoms with Crippen LogP contribution in [0.5, 0.6) is 0 Å². The molecule has 0 fully saturated rings. The highest BCUT2D eigenvalue weighted by molar-refractivity contribution is 6.34. The summed E-state index contributed by atoms with van der Waals surface area (Å²) in [5.41, 5.74) is 5.41. The van der Waals surface area contributed by atoms with Gasteiger partial charge in [-0.15, -0.1) is 0 Å². The highest BCUT2D eigenvalue weighted by Gasteiger charge is 2.21. The fourth-order valence-electron chi connectivity index (χ4n) is 4.01. The monoisotopic (exact) mass is 416 g/mol. The van der Waals surface area contributed by atoms with Crippen LogP contribution in [0, 0.1) is 6.92 Å². The average molecular weight is 417 g/mol. The Morgan fingerprint density at radius 2 is 1.83 bits per heavy atom. The van der Waals surface area contributed by atoms with E-state index in [4.69, 9.17) is 16.6 Å². The number of nitrogens with zero attached hydrogens (tertiary/aromatic N) is 3. The number of aromatic nitrogens is 2. The van der Waals surface area contributed by atoms with E-state index in [0.29, 0.717) is 16.3 Å². The quantitative estimate of drug-likeness (QED) is 0.495. The second-order valence-corrected chi connectivity index (χ2v) is 7.93. The molecule has 1 N–H and O–H groups in total. The van der Waals surface area contributed by atoms with Crippen LogP contribution in [-0.2, 0) is 13.1 Å². The molecule has 1 aliphatic heterocycles. The van der Waals surface area contributed by atoms with E-state index in [1.54, 1.807) is 0 Å². The molecule has 2 heterocycles. The second kappa shape index (κ2) is 7.50. The number of anilines is 2. The van der Waals surface area contributed by atoms with Gasteiger partial charge in [-0.05, 0) is 48.9 Å². The van der Waals surface area contributed by atoms with Gasteiger partial charge >= 0.3 is 0 Å². The van der Waals surface area contributed by atoms with Gasteiger partial charge in [-0.2, -0.15) is 0 Å². The van der Waals surface area contributed by atoms with Gasteiger partial charge in [0.2, 0.25) is 0 Å². The van der Waals surface area contributed by atoms with E-state index in [-0.39, 0.29) is 5.91 Å². The summed E-state index contributed by atoms with van der Waals surface area (Å²) in [7, 11) is 0. The smallest absolute Gasteiger partial charge is 0.255 e. The molecule has 0 bridgehead atoms. The van der Waals surface area contributed by atoms with Crippen molar-refractivity contribution >= 4 is 39.9 Å². The number of halogens is 1. The number of benzene rings is 3. The summed E-state index contributed by atoms with van der Waals surface area (Å²) in [4.78, 5) is 19.7. The number of hydrogen-bond donors (Lipinski definition) is 1. The molecule has 0 spiro atoms. The minimum atomic E-state index is -0.158. The zero-order valence-electron chi connectivity index (χ0n) is 16.6. The summed E-state index contributed by atoms with van der Waals surface area (Å²) in [5, 5.41) is 3.45. The van der Waals surface area contributed by atoms with Crippen molar-refractivity contribution in [1.29, 1.82) is 0 Å². The van der Waals surface area contributed by atoms with Crippen LogP contribution in [0.25, 0.3) is 11.0 Å². The minimum absolute atomic E-state index is 0.158. The first-order valence-electron chi connectivity index (χ1n) is 9.96. The number of aryl methyl sites for hydroxylation is 1. The summed E-state index contributed by atoms with van der Waals surface area (Å²) in [6.45, 7) is 4.39. The average Bonchev–Trinajstić information content (AvgIpc) is 3.13. The van der Waals surface area contributed by atoms with Gasteiger partial charge in [-0.25, -0.2) is 4.98 Å². The largest absolute Gasteiger partial charge is 0.362 e. The molecule has 1 aliphatic rings. The standard InChI is InChI=1S/C24H21ClN4O/c1-16-6-2-3-7-18(16)24(30)27-20-11-10-17(14-19(20)25)28-12-13-29-22-9-5-4-8-21(22)26-23(29)15-28/h2-11,14H,12-13,15H2,1H3,(H,27,30). The SMILES string of the molecule is Cc1ccccc1C(=O)Nc1ccc(N2CCn3c(nc4ccccc43)C2)cc1Cl. The third-order valence-corrected chi connectivity index (χ3v) is 5.93. The molecule has 4 aromatic rings. The Balaban J connectivity index is 1.36. The van der Waals surface area contributed by atoms with Gasteiger partial charge in [-0.3, -0.25) is 4.79 Å². The lowest BCUT2D eigenvalue weighted by atomic mass is 10.1. The van der Waals surface area contributed by atoms with Crippen molar-refractivity contribution in [3.05, 3.63) is 88.7 Å². The van der Waals surface area contributed by atoms with Crippen molar-refractivity contribution in [1.82, 2.24) is 9.55 Å². The highest BCUT2D eigenvalue weighted by atomic mass is 35.5. The normalized spacial score (nSPS) is 13.3. The summed E-state index contributed by atoms with van der Waals surface area (Å²) in [6.07, 6.45) is 0. The van der Waals surface area contributed by atoms with Crippen molar-refractivity contribution < 1.29 is 4.79 Å². The first-order valence-corrected chi connectivity index (χ1v) is 10.3. The van der Waals surface area contributed by atoms with E-state index in [0.717, 1.165) is 42.2 Å². The lowest BCUT2D eigenvalue weighted by Crippen LogP contribution is -2.33. The molecule has 1 amide bonds. The number of rotatable bonds is 3. The number of carbonyl (C=O) groups is 1. The molecule has 5 nitrogen and oxygen atoms in total. The maximum absolute atomic E-state index is 12.6. The van der Waals surface area contributed by atoms with Crippen molar-refractivity contribution in [2.75, 3.05) is 16.8 Å². The molecule has 0 atom stereocenters. The fraction of sp³-hybridized carbons (Fsp3) is 0.167. The molecular formula is C24H21ClN4O. The van der Waals surface area contributed by atoms with Gasteiger partial charge in [-0.1, -0.05) is 41.9 Å². The Hall–Kier alpha value is -3.31. The Morgan fingerprint density at radius 3 is 2.67 bits per heavy atom. The predicted molar refractivity (Wildman–Crippen MR) is 121 cm³/mol. The lowest BCUT2D eigenvalue weighted by Gasteiger charge is -2.30. The Labute approximate surface area is 179 Å². The Morgan fingerprint density at radius 1 is 1.03 bits per heavy atom. The van der Waals surface area contributed by atoms with Crippen molar-refractivity contribution in [2.24, 2.45) is 0 Å². The van der Waals surface area contributed by atoms with Crippen LogP contribution in [0.2, 0.25) is 5.02 Å². The predicted octanol–water partition coefficient (Wildman–Crippen LogP) is 5.27. The maximum atomic E-state index is 12.6. The second-order valence-electron chi connectivity index (χ2n) is 7.52. The van der Waals surface area contributed by atoms with Crippen LogP contribution < -0.4 is 10.2 Å². The van der Waals surface area contributed by atoms with Gasteiger partial charge in [0.15, 0.2) is 0 Å². The molecule has 0 aliphatic carbocycles. The molecule has 1 aromatic heterocycles. The number of para-hydroxylation sites is 2.